The lowest BCUT2D eigenvalue weighted by atomic mass is 9.91. The molecular weight excluding hydrogens is 262 g/mol. The number of hydrogen-bond donors (Lipinski definition) is 2. The van der Waals surface area contributed by atoms with Gasteiger partial charge in [0.2, 0.25) is 5.91 Å². The average molecular weight is 282 g/mol. The van der Waals surface area contributed by atoms with Crippen molar-refractivity contribution in [3.05, 3.63) is 35.4 Å². The van der Waals surface area contributed by atoms with Crippen molar-refractivity contribution in [2.75, 3.05) is 0 Å². The lowest BCUT2D eigenvalue weighted by Gasteiger charge is -2.26. The van der Waals surface area contributed by atoms with Gasteiger partial charge in [0.1, 0.15) is 11.6 Å². The van der Waals surface area contributed by atoms with Crippen molar-refractivity contribution in [2.45, 2.75) is 50.6 Å². The topological polar surface area (TPSA) is 55.1 Å². The zero-order valence-electron chi connectivity index (χ0n) is 11.4. The van der Waals surface area contributed by atoms with Crippen molar-refractivity contribution in [1.82, 2.24) is 5.32 Å². The fraction of sp³-hybridized carbons (Fsp3) is 0.533. The Bertz CT molecular complexity index is 471. The molecule has 2 rings (SSSR count). The fourth-order valence-corrected chi connectivity index (χ4v) is 2.55. The molecule has 0 aliphatic heterocycles. The number of benzene rings is 1. The van der Waals surface area contributed by atoms with Crippen LogP contribution in [0.15, 0.2) is 18.2 Å². The van der Waals surface area contributed by atoms with Crippen LogP contribution in [0, 0.1) is 11.6 Å². The van der Waals surface area contributed by atoms with Crippen molar-refractivity contribution in [3.8, 4) is 0 Å². The molecule has 0 spiro atoms. The molecule has 1 aromatic carbocycles. The number of aryl methyl sites for hydroxylation is 1. The van der Waals surface area contributed by atoms with Crippen LogP contribution in [-0.2, 0) is 11.2 Å². The number of carbonyl (C=O) groups is 1. The number of amides is 1. The zero-order chi connectivity index (χ0) is 14.5. The first-order valence-corrected chi connectivity index (χ1v) is 7.03. The van der Waals surface area contributed by atoms with E-state index >= 15 is 0 Å². The monoisotopic (exact) mass is 282 g/mol. The van der Waals surface area contributed by atoms with Crippen LogP contribution in [0.25, 0.3) is 0 Å². The van der Waals surface area contributed by atoms with Crippen molar-refractivity contribution >= 4 is 5.91 Å². The molecular formula is C15H20F2N2O. The molecule has 1 aromatic rings. The number of carbonyl (C=O) groups excluding carboxylic acids is 1. The third-order valence-electron chi connectivity index (χ3n) is 3.77. The van der Waals surface area contributed by atoms with Crippen LogP contribution >= 0.6 is 0 Å². The summed E-state index contributed by atoms with van der Waals surface area (Å²) in [5.74, 6) is -1.07. The molecule has 0 radical (unpaired) electrons. The van der Waals surface area contributed by atoms with Gasteiger partial charge in [0, 0.05) is 18.5 Å². The molecule has 0 heterocycles. The number of halogens is 2. The van der Waals surface area contributed by atoms with Gasteiger partial charge in [-0.05, 0) is 55.9 Å². The molecule has 110 valence electrons. The molecule has 20 heavy (non-hydrogen) atoms. The largest absolute Gasteiger partial charge is 0.353 e. The highest BCUT2D eigenvalue weighted by Gasteiger charge is 2.19. The highest BCUT2D eigenvalue weighted by Crippen LogP contribution is 2.17. The van der Waals surface area contributed by atoms with E-state index in [9.17, 15) is 13.6 Å². The smallest absolute Gasteiger partial charge is 0.220 e. The summed E-state index contributed by atoms with van der Waals surface area (Å²) in [6.45, 7) is 0. The second-order valence-corrected chi connectivity index (χ2v) is 5.41. The summed E-state index contributed by atoms with van der Waals surface area (Å²) in [4.78, 5) is 11.8. The van der Waals surface area contributed by atoms with Gasteiger partial charge in [-0.25, -0.2) is 8.78 Å². The number of nitrogens with one attached hydrogen (secondary N) is 1. The van der Waals surface area contributed by atoms with Crippen LogP contribution in [0.4, 0.5) is 8.78 Å². The van der Waals surface area contributed by atoms with E-state index in [1.165, 1.54) is 0 Å². The molecule has 0 atom stereocenters. The lowest BCUT2D eigenvalue weighted by Crippen LogP contribution is -2.40. The third kappa shape index (κ3) is 4.27. The Morgan fingerprint density at radius 3 is 2.65 bits per heavy atom. The SMILES string of the molecule is NC1CCC(NC(=O)CCc2cc(F)ccc2F)CC1. The van der Waals surface area contributed by atoms with Crippen molar-refractivity contribution in [2.24, 2.45) is 5.73 Å². The molecule has 1 saturated carbocycles. The van der Waals surface area contributed by atoms with E-state index in [1.54, 1.807) is 0 Å². The molecule has 0 aromatic heterocycles. The second-order valence-electron chi connectivity index (χ2n) is 5.41. The number of hydrogen-bond acceptors (Lipinski definition) is 2. The van der Waals surface area contributed by atoms with Crippen molar-refractivity contribution in [1.29, 1.82) is 0 Å². The normalized spacial score (nSPS) is 22.6. The third-order valence-corrected chi connectivity index (χ3v) is 3.77. The quantitative estimate of drug-likeness (QED) is 0.890. The Labute approximate surface area is 117 Å². The van der Waals surface area contributed by atoms with E-state index in [1.807, 2.05) is 0 Å². The first-order chi connectivity index (χ1) is 9.54. The molecule has 3 N–H and O–H groups in total. The van der Waals surface area contributed by atoms with Crippen LogP contribution in [0.1, 0.15) is 37.7 Å². The summed E-state index contributed by atoms with van der Waals surface area (Å²) in [6.07, 6.45) is 4.00. The van der Waals surface area contributed by atoms with Crippen LogP contribution < -0.4 is 11.1 Å². The van der Waals surface area contributed by atoms with Gasteiger partial charge in [-0.2, -0.15) is 0 Å². The summed E-state index contributed by atoms with van der Waals surface area (Å²) in [6, 6.07) is 3.71. The van der Waals surface area contributed by atoms with Gasteiger partial charge in [0.25, 0.3) is 0 Å². The first-order valence-electron chi connectivity index (χ1n) is 7.03. The summed E-state index contributed by atoms with van der Waals surface area (Å²) in [7, 11) is 0. The maximum absolute atomic E-state index is 13.4. The minimum absolute atomic E-state index is 0.117. The molecule has 0 unspecified atom stereocenters. The van der Waals surface area contributed by atoms with Crippen LogP contribution in [0.3, 0.4) is 0 Å². The Kier molecular flexibility index (Phi) is 5.06. The van der Waals surface area contributed by atoms with E-state index in [0.717, 1.165) is 43.9 Å². The highest BCUT2D eigenvalue weighted by atomic mass is 19.1. The maximum Gasteiger partial charge on any atom is 0.220 e. The first kappa shape index (κ1) is 14.9. The van der Waals surface area contributed by atoms with E-state index in [2.05, 4.69) is 5.32 Å². The number of rotatable bonds is 4. The summed E-state index contributed by atoms with van der Waals surface area (Å²) in [5.41, 5.74) is 6.04. The Morgan fingerprint density at radius 1 is 1.25 bits per heavy atom. The van der Waals surface area contributed by atoms with Crippen LogP contribution in [0.2, 0.25) is 0 Å². The molecule has 0 bridgehead atoms. The van der Waals surface area contributed by atoms with Crippen LogP contribution in [0.5, 0.6) is 0 Å². The summed E-state index contributed by atoms with van der Waals surface area (Å²) < 4.78 is 26.4. The van der Waals surface area contributed by atoms with Gasteiger partial charge in [-0.15, -0.1) is 0 Å². The fourth-order valence-electron chi connectivity index (χ4n) is 2.55. The van der Waals surface area contributed by atoms with E-state index in [4.69, 9.17) is 5.73 Å². The Hall–Kier alpha value is -1.49. The van der Waals surface area contributed by atoms with E-state index in [-0.39, 0.29) is 36.4 Å². The average Bonchev–Trinajstić information content (AvgIpc) is 2.42. The predicted octanol–water partition coefficient (Wildman–Crippen LogP) is 2.28. The molecule has 1 aliphatic rings. The van der Waals surface area contributed by atoms with Crippen molar-refractivity contribution < 1.29 is 13.6 Å². The molecule has 3 nitrogen and oxygen atoms in total. The minimum atomic E-state index is -0.483. The van der Waals surface area contributed by atoms with Crippen LogP contribution in [-0.4, -0.2) is 18.0 Å². The predicted molar refractivity (Wildman–Crippen MR) is 73.1 cm³/mol. The Balaban J connectivity index is 1.79. The summed E-state index contributed by atoms with van der Waals surface area (Å²) >= 11 is 0. The van der Waals surface area contributed by atoms with Gasteiger partial charge in [0.05, 0.1) is 0 Å². The van der Waals surface area contributed by atoms with E-state index in [0.29, 0.717) is 0 Å². The number of nitrogens with two attached hydrogens (primary N) is 1. The van der Waals surface area contributed by atoms with Gasteiger partial charge >= 0.3 is 0 Å². The van der Waals surface area contributed by atoms with E-state index < -0.39 is 11.6 Å². The van der Waals surface area contributed by atoms with Crippen molar-refractivity contribution in [3.63, 3.8) is 0 Å². The molecule has 0 saturated heterocycles. The summed E-state index contributed by atoms with van der Waals surface area (Å²) in [5, 5.41) is 2.93. The second kappa shape index (κ2) is 6.79. The Morgan fingerprint density at radius 2 is 1.95 bits per heavy atom. The molecule has 1 fully saturated rings. The molecule has 1 aliphatic carbocycles. The molecule has 5 heteroatoms. The molecule has 1 amide bonds. The maximum atomic E-state index is 13.4. The van der Waals surface area contributed by atoms with Gasteiger partial charge in [0.15, 0.2) is 0 Å². The van der Waals surface area contributed by atoms with Gasteiger partial charge < -0.3 is 11.1 Å². The lowest BCUT2D eigenvalue weighted by molar-refractivity contribution is -0.122. The standard InChI is InChI=1S/C15H20F2N2O/c16-11-2-7-14(17)10(9-11)1-8-15(20)19-13-5-3-12(18)4-6-13/h2,7,9,12-13H,1,3-6,8,18H2,(H,19,20). The van der Waals surface area contributed by atoms with Gasteiger partial charge in [-0.1, -0.05) is 0 Å². The highest BCUT2D eigenvalue weighted by molar-refractivity contribution is 5.76. The zero-order valence-corrected chi connectivity index (χ0v) is 11.4. The minimum Gasteiger partial charge on any atom is -0.353 e. The van der Waals surface area contributed by atoms with Gasteiger partial charge in [-0.3, -0.25) is 4.79 Å².